The summed E-state index contributed by atoms with van der Waals surface area (Å²) in [5, 5.41) is 8.44. The molecule has 0 N–H and O–H groups in total. The Balaban J connectivity index is 1.51. The molecule has 6 nitrogen and oxygen atoms in total. The van der Waals surface area contributed by atoms with Crippen molar-refractivity contribution in [1.29, 1.82) is 0 Å². The number of aromatic nitrogens is 4. The molecule has 116 valence electrons. The van der Waals surface area contributed by atoms with E-state index in [1.807, 2.05) is 30.5 Å². The molecule has 0 unspecified atom stereocenters. The molecular weight excluding hydrogens is 312 g/mol. The number of nitrogens with zero attached hydrogens (tertiary/aromatic N) is 6. The molecule has 1 saturated heterocycles. The van der Waals surface area contributed by atoms with Crippen molar-refractivity contribution in [2.75, 3.05) is 36.0 Å². The minimum absolute atomic E-state index is 0.680. The molecule has 0 spiro atoms. The highest BCUT2D eigenvalue weighted by Gasteiger charge is 2.19. The van der Waals surface area contributed by atoms with E-state index in [-0.39, 0.29) is 0 Å². The first kappa shape index (κ1) is 14.1. The molecule has 4 rings (SSSR count). The Morgan fingerprint density at radius 1 is 0.870 bits per heavy atom. The minimum atomic E-state index is 0.680. The first-order valence-electron chi connectivity index (χ1n) is 7.48. The van der Waals surface area contributed by atoms with Crippen molar-refractivity contribution >= 4 is 34.1 Å². The van der Waals surface area contributed by atoms with E-state index < -0.39 is 0 Å². The summed E-state index contributed by atoms with van der Waals surface area (Å²) in [7, 11) is 0. The third-order valence-electron chi connectivity index (χ3n) is 4.03. The van der Waals surface area contributed by atoms with Crippen LogP contribution in [0.3, 0.4) is 0 Å². The van der Waals surface area contributed by atoms with Crippen molar-refractivity contribution in [3.05, 3.63) is 47.9 Å². The van der Waals surface area contributed by atoms with Gasteiger partial charge in [0.05, 0.1) is 35.3 Å². The Bertz CT molecular complexity index is 817. The predicted octanol–water partition coefficient (Wildman–Crippen LogP) is 2.40. The zero-order valence-electron chi connectivity index (χ0n) is 12.4. The van der Waals surface area contributed by atoms with Crippen LogP contribution in [0.5, 0.6) is 0 Å². The van der Waals surface area contributed by atoms with Crippen molar-refractivity contribution in [2.45, 2.75) is 0 Å². The molecule has 0 atom stereocenters. The van der Waals surface area contributed by atoms with Gasteiger partial charge in [-0.3, -0.25) is 4.98 Å². The topological polar surface area (TPSA) is 58.0 Å². The molecule has 3 heterocycles. The van der Waals surface area contributed by atoms with E-state index in [2.05, 4.69) is 25.0 Å². The van der Waals surface area contributed by atoms with E-state index in [4.69, 9.17) is 16.6 Å². The molecule has 0 radical (unpaired) electrons. The zero-order valence-corrected chi connectivity index (χ0v) is 13.2. The van der Waals surface area contributed by atoms with E-state index in [0.29, 0.717) is 5.02 Å². The first-order chi connectivity index (χ1) is 11.3. The molecule has 3 aromatic rings. The van der Waals surface area contributed by atoms with E-state index in [1.54, 1.807) is 12.4 Å². The van der Waals surface area contributed by atoms with Gasteiger partial charge in [0.1, 0.15) is 5.82 Å². The lowest BCUT2D eigenvalue weighted by Gasteiger charge is -2.36. The summed E-state index contributed by atoms with van der Waals surface area (Å²) in [6.45, 7) is 3.64. The number of fused-ring (bicyclic) bond motifs is 1. The highest BCUT2D eigenvalue weighted by atomic mass is 35.5. The summed E-state index contributed by atoms with van der Waals surface area (Å²) in [6.07, 6.45) is 5.35. The van der Waals surface area contributed by atoms with Crippen molar-refractivity contribution in [2.24, 2.45) is 0 Å². The molecule has 1 fully saturated rings. The smallest absolute Gasteiger partial charge is 0.147 e. The summed E-state index contributed by atoms with van der Waals surface area (Å²) in [5.41, 5.74) is 2.80. The molecule has 0 saturated carbocycles. The van der Waals surface area contributed by atoms with Gasteiger partial charge < -0.3 is 9.80 Å². The number of hydrogen-bond acceptors (Lipinski definition) is 6. The molecule has 0 aliphatic carbocycles. The Labute approximate surface area is 138 Å². The maximum absolute atomic E-state index is 5.99. The SMILES string of the molecule is Clc1ccc2nc(N3CCN(c4ccnnc4)CC3)cnc2c1. The van der Waals surface area contributed by atoms with Gasteiger partial charge in [-0.25, -0.2) is 4.98 Å². The van der Waals surface area contributed by atoms with Crippen LogP contribution in [0.1, 0.15) is 0 Å². The Hall–Kier alpha value is -2.47. The fourth-order valence-electron chi connectivity index (χ4n) is 2.79. The molecule has 1 aromatic carbocycles. The second-order valence-corrected chi connectivity index (χ2v) is 5.87. The normalized spacial score (nSPS) is 15.2. The van der Waals surface area contributed by atoms with Crippen molar-refractivity contribution < 1.29 is 0 Å². The van der Waals surface area contributed by atoms with Gasteiger partial charge in [-0.1, -0.05) is 11.6 Å². The lowest BCUT2D eigenvalue weighted by Crippen LogP contribution is -2.46. The average Bonchev–Trinajstić information content (AvgIpc) is 2.62. The zero-order chi connectivity index (χ0) is 15.6. The molecule has 0 amide bonds. The van der Waals surface area contributed by atoms with Crippen molar-refractivity contribution in [3.8, 4) is 0 Å². The standard InChI is InChI=1S/C16H15ClN6/c17-12-1-2-14-15(9-12)18-11-16(21-14)23-7-5-22(6-8-23)13-3-4-19-20-10-13/h1-4,9-11H,5-8H2. The van der Waals surface area contributed by atoms with Crippen LogP contribution in [-0.2, 0) is 0 Å². The van der Waals surface area contributed by atoms with Gasteiger partial charge in [0, 0.05) is 31.2 Å². The van der Waals surface area contributed by atoms with Crippen molar-refractivity contribution in [3.63, 3.8) is 0 Å². The largest absolute Gasteiger partial charge is 0.367 e. The quantitative estimate of drug-likeness (QED) is 0.720. The van der Waals surface area contributed by atoms with Gasteiger partial charge in [0.25, 0.3) is 0 Å². The van der Waals surface area contributed by atoms with E-state index in [9.17, 15) is 0 Å². The summed E-state index contributed by atoms with van der Waals surface area (Å²) in [6, 6.07) is 7.58. The molecule has 1 aliphatic heterocycles. The Kier molecular flexibility index (Phi) is 3.67. The molecule has 0 bridgehead atoms. The Morgan fingerprint density at radius 3 is 2.48 bits per heavy atom. The van der Waals surface area contributed by atoms with Crippen LogP contribution in [0, 0.1) is 0 Å². The summed E-state index contributed by atoms with van der Waals surface area (Å²) < 4.78 is 0. The van der Waals surface area contributed by atoms with Crippen LogP contribution < -0.4 is 9.80 Å². The summed E-state index contributed by atoms with van der Waals surface area (Å²) in [5.74, 6) is 0.910. The highest BCUT2D eigenvalue weighted by Crippen LogP contribution is 2.21. The van der Waals surface area contributed by atoms with Crippen molar-refractivity contribution in [1.82, 2.24) is 20.2 Å². The first-order valence-corrected chi connectivity index (χ1v) is 7.86. The predicted molar refractivity (Wildman–Crippen MR) is 91.0 cm³/mol. The maximum atomic E-state index is 5.99. The molecule has 23 heavy (non-hydrogen) atoms. The van der Waals surface area contributed by atoms with Crippen LogP contribution in [0.25, 0.3) is 11.0 Å². The van der Waals surface area contributed by atoms with Gasteiger partial charge >= 0.3 is 0 Å². The number of piperazine rings is 1. The number of halogens is 1. The summed E-state index contributed by atoms with van der Waals surface area (Å²) in [4.78, 5) is 13.7. The van der Waals surface area contributed by atoms with Gasteiger partial charge in [0.15, 0.2) is 0 Å². The number of rotatable bonds is 2. The van der Waals surface area contributed by atoms with Gasteiger partial charge in [0.2, 0.25) is 0 Å². The van der Waals surface area contributed by atoms with Gasteiger partial charge in [-0.15, -0.1) is 0 Å². The fourth-order valence-corrected chi connectivity index (χ4v) is 2.96. The van der Waals surface area contributed by atoms with Crippen LogP contribution >= 0.6 is 11.6 Å². The minimum Gasteiger partial charge on any atom is -0.367 e. The molecule has 2 aromatic heterocycles. The molecule has 7 heteroatoms. The second-order valence-electron chi connectivity index (χ2n) is 5.44. The maximum Gasteiger partial charge on any atom is 0.147 e. The van der Waals surface area contributed by atoms with E-state index in [1.165, 1.54) is 0 Å². The molecule has 1 aliphatic rings. The third kappa shape index (κ3) is 2.90. The fraction of sp³-hybridized carbons (Fsp3) is 0.250. The van der Waals surface area contributed by atoms with Gasteiger partial charge in [-0.05, 0) is 24.3 Å². The summed E-state index contributed by atoms with van der Waals surface area (Å²) >= 11 is 5.99. The molecular formula is C16H15ClN6. The second kappa shape index (κ2) is 5.96. The van der Waals surface area contributed by atoms with E-state index in [0.717, 1.165) is 48.7 Å². The van der Waals surface area contributed by atoms with E-state index >= 15 is 0 Å². The lowest BCUT2D eigenvalue weighted by atomic mass is 10.2. The van der Waals surface area contributed by atoms with Crippen LogP contribution in [0.15, 0.2) is 42.9 Å². The number of anilines is 2. The third-order valence-corrected chi connectivity index (χ3v) is 4.26. The van der Waals surface area contributed by atoms with Crippen LogP contribution in [0.2, 0.25) is 5.02 Å². The van der Waals surface area contributed by atoms with Gasteiger partial charge in [-0.2, -0.15) is 10.2 Å². The monoisotopic (exact) mass is 326 g/mol. The Morgan fingerprint density at radius 2 is 1.70 bits per heavy atom. The highest BCUT2D eigenvalue weighted by molar-refractivity contribution is 6.31. The number of hydrogen-bond donors (Lipinski definition) is 0. The lowest BCUT2D eigenvalue weighted by molar-refractivity contribution is 0.646. The van der Waals surface area contributed by atoms with Crippen LogP contribution in [0.4, 0.5) is 11.5 Å². The average molecular weight is 327 g/mol. The van der Waals surface area contributed by atoms with Crippen LogP contribution in [-0.4, -0.2) is 46.3 Å². The number of benzene rings is 1.